The molecule has 2 N–H and O–H groups in total. The number of likely N-dealkylation sites (tertiary alicyclic amines) is 1. The Labute approximate surface area is 110 Å². The predicted molar refractivity (Wildman–Crippen MR) is 66.4 cm³/mol. The van der Waals surface area contributed by atoms with E-state index in [1.54, 1.807) is 19.2 Å². The Balaban J connectivity index is 1.92. The van der Waals surface area contributed by atoms with Gasteiger partial charge in [0.2, 0.25) is 0 Å². The quantitative estimate of drug-likeness (QED) is 0.831. The van der Waals surface area contributed by atoms with Crippen molar-refractivity contribution < 1.29 is 14.7 Å². The van der Waals surface area contributed by atoms with Gasteiger partial charge in [0.1, 0.15) is 11.9 Å². The van der Waals surface area contributed by atoms with Crippen molar-refractivity contribution in [3.05, 3.63) is 23.8 Å². The lowest BCUT2D eigenvalue weighted by Gasteiger charge is -2.21. The first-order valence-corrected chi connectivity index (χ1v) is 6.13. The van der Waals surface area contributed by atoms with Crippen molar-refractivity contribution in [2.24, 2.45) is 0 Å². The van der Waals surface area contributed by atoms with Crippen LogP contribution in [0, 0.1) is 6.92 Å². The van der Waals surface area contributed by atoms with Crippen molar-refractivity contribution >= 4 is 12.0 Å². The Morgan fingerprint density at radius 1 is 1.58 bits per heavy atom. The molecule has 1 aliphatic rings. The monoisotopic (exact) mass is 264 g/mol. The summed E-state index contributed by atoms with van der Waals surface area (Å²) in [6, 6.07) is 0.639. The van der Waals surface area contributed by atoms with Crippen LogP contribution in [0.5, 0.6) is 0 Å². The summed E-state index contributed by atoms with van der Waals surface area (Å²) in [5.41, 5.74) is 0.701. The maximum atomic E-state index is 11.9. The topological polar surface area (TPSA) is 95.4 Å². The van der Waals surface area contributed by atoms with Crippen LogP contribution < -0.4 is 5.32 Å². The minimum Gasteiger partial charge on any atom is -0.480 e. The molecule has 1 atom stereocenters. The van der Waals surface area contributed by atoms with Crippen LogP contribution in [0.1, 0.15) is 24.4 Å². The third kappa shape index (κ3) is 3.18. The van der Waals surface area contributed by atoms with E-state index in [1.807, 2.05) is 0 Å². The van der Waals surface area contributed by atoms with E-state index in [2.05, 4.69) is 15.3 Å². The predicted octanol–water partition coefficient (Wildman–Crippen LogP) is 0.544. The molecule has 1 saturated heterocycles. The van der Waals surface area contributed by atoms with Gasteiger partial charge in [-0.1, -0.05) is 0 Å². The minimum absolute atomic E-state index is 0.269. The number of carboxylic acid groups (broad SMARTS) is 1. The van der Waals surface area contributed by atoms with Gasteiger partial charge in [0, 0.05) is 12.7 Å². The molecular formula is C12H16N4O3. The number of nitrogens with one attached hydrogen (secondary N) is 1. The van der Waals surface area contributed by atoms with Crippen LogP contribution >= 0.6 is 0 Å². The fourth-order valence-corrected chi connectivity index (χ4v) is 2.14. The Kier molecular flexibility index (Phi) is 3.94. The van der Waals surface area contributed by atoms with E-state index in [0.29, 0.717) is 24.5 Å². The summed E-state index contributed by atoms with van der Waals surface area (Å²) in [7, 11) is 0. The molecule has 7 nitrogen and oxygen atoms in total. The average Bonchev–Trinajstić information content (AvgIpc) is 2.85. The molecule has 2 rings (SSSR count). The van der Waals surface area contributed by atoms with Crippen LogP contribution in [-0.2, 0) is 11.3 Å². The molecule has 0 aromatic carbocycles. The van der Waals surface area contributed by atoms with Gasteiger partial charge >= 0.3 is 12.0 Å². The van der Waals surface area contributed by atoms with Crippen molar-refractivity contribution in [1.82, 2.24) is 20.2 Å². The number of aliphatic carboxylic acids is 1. The van der Waals surface area contributed by atoms with Crippen molar-refractivity contribution in [2.75, 3.05) is 6.54 Å². The van der Waals surface area contributed by atoms with E-state index in [-0.39, 0.29) is 12.6 Å². The van der Waals surface area contributed by atoms with Crippen LogP contribution in [0.2, 0.25) is 0 Å². The van der Waals surface area contributed by atoms with E-state index in [0.717, 1.165) is 6.42 Å². The number of carboxylic acids is 1. The van der Waals surface area contributed by atoms with E-state index >= 15 is 0 Å². The molecule has 1 aliphatic heterocycles. The maximum Gasteiger partial charge on any atom is 0.326 e. The van der Waals surface area contributed by atoms with Gasteiger partial charge in [-0.25, -0.2) is 19.6 Å². The fraction of sp³-hybridized carbons (Fsp3) is 0.500. The summed E-state index contributed by atoms with van der Waals surface area (Å²) < 4.78 is 0. The summed E-state index contributed by atoms with van der Waals surface area (Å²) in [5, 5.41) is 11.7. The minimum atomic E-state index is -0.953. The van der Waals surface area contributed by atoms with Gasteiger partial charge in [0.15, 0.2) is 0 Å². The summed E-state index contributed by atoms with van der Waals surface area (Å²) in [4.78, 5) is 32.4. The zero-order valence-corrected chi connectivity index (χ0v) is 10.7. The molecular weight excluding hydrogens is 248 g/mol. The van der Waals surface area contributed by atoms with Crippen LogP contribution in [0.25, 0.3) is 0 Å². The highest BCUT2D eigenvalue weighted by Crippen LogP contribution is 2.17. The SMILES string of the molecule is Cc1nccc(CNC(=O)N2CCCC2C(=O)O)n1. The maximum absolute atomic E-state index is 11.9. The number of nitrogens with zero attached hydrogens (tertiary/aromatic N) is 3. The lowest BCUT2D eigenvalue weighted by atomic mass is 10.2. The number of urea groups is 1. The number of hydrogen-bond donors (Lipinski definition) is 2. The van der Waals surface area contributed by atoms with E-state index in [9.17, 15) is 9.59 Å². The number of amides is 2. The molecule has 0 bridgehead atoms. The number of aromatic nitrogens is 2. The van der Waals surface area contributed by atoms with Crippen LogP contribution in [0.3, 0.4) is 0 Å². The fourth-order valence-electron chi connectivity index (χ4n) is 2.14. The highest BCUT2D eigenvalue weighted by molar-refractivity contribution is 5.83. The second-order valence-corrected chi connectivity index (χ2v) is 4.44. The summed E-state index contributed by atoms with van der Waals surface area (Å²) >= 11 is 0. The Bertz CT molecular complexity index is 492. The van der Waals surface area contributed by atoms with Gasteiger partial charge in [-0.15, -0.1) is 0 Å². The first-order valence-electron chi connectivity index (χ1n) is 6.13. The smallest absolute Gasteiger partial charge is 0.326 e. The van der Waals surface area contributed by atoms with Crippen LogP contribution in [-0.4, -0.2) is 44.6 Å². The van der Waals surface area contributed by atoms with Crippen molar-refractivity contribution in [3.63, 3.8) is 0 Å². The van der Waals surface area contributed by atoms with Gasteiger partial charge in [0.05, 0.1) is 12.2 Å². The molecule has 1 fully saturated rings. The molecule has 19 heavy (non-hydrogen) atoms. The average molecular weight is 264 g/mol. The van der Waals surface area contributed by atoms with Gasteiger partial charge in [-0.3, -0.25) is 0 Å². The Morgan fingerprint density at radius 2 is 2.37 bits per heavy atom. The summed E-state index contributed by atoms with van der Waals surface area (Å²) in [5.74, 6) is -0.318. The van der Waals surface area contributed by atoms with Gasteiger partial charge in [-0.05, 0) is 25.8 Å². The molecule has 0 saturated carbocycles. The van der Waals surface area contributed by atoms with E-state index in [1.165, 1.54) is 4.90 Å². The molecule has 102 valence electrons. The van der Waals surface area contributed by atoms with E-state index < -0.39 is 12.0 Å². The molecule has 0 spiro atoms. The van der Waals surface area contributed by atoms with Crippen molar-refractivity contribution in [3.8, 4) is 0 Å². The zero-order valence-electron chi connectivity index (χ0n) is 10.7. The second-order valence-electron chi connectivity index (χ2n) is 4.44. The molecule has 1 unspecified atom stereocenters. The second kappa shape index (κ2) is 5.64. The highest BCUT2D eigenvalue weighted by atomic mass is 16.4. The van der Waals surface area contributed by atoms with Gasteiger partial charge in [0.25, 0.3) is 0 Å². The summed E-state index contributed by atoms with van der Waals surface area (Å²) in [6.07, 6.45) is 2.85. The molecule has 1 aromatic heterocycles. The largest absolute Gasteiger partial charge is 0.480 e. The third-order valence-corrected chi connectivity index (χ3v) is 3.05. The molecule has 2 heterocycles. The normalized spacial score (nSPS) is 18.4. The lowest BCUT2D eigenvalue weighted by Crippen LogP contribution is -2.45. The van der Waals surface area contributed by atoms with Crippen LogP contribution in [0.4, 0.5) is 4.79 Å². The first kappa shape index (κ1) is 13.3. The van der Waals surface area contributed by atoms with Crippen LogP contribution in [0.15, 0.2) is 12.3 Å². The molecule has 2 amide bonds. The third-order valence-electron chi connectivity index (χ3n) is 3.05. The van der Waals surface area contributed by atoms with Gasteiger partial charge < -0.3 is 15.3 Å². The number of aryl methyl sites for hydroxylation is 1. The summed E-state index contributed by atoms with van der Waals surface area (Å²) in [6.45, 7) is 2.52. The van der Waals surface area contributed by atoms with Crippen molar-refractivity contribution in [2.45, 2.75) is 32.4 Å². The zero-order chi connectivity index (χ0) is 13.8. The number of carbonyl (C=O) groups excluding carboxylic acids is 1. The molecule has 0 aliphatic carbocycles. The number of carbonyl (C=O) groups is 2. The first-order chi connectivity index (χ1) is 9.08. The standard InChI is InChI=1S/C12H16N4O3/c1-8-13-5-4-9(15-8)7-14-12(19)16-6-2-3-10(16)11(17)18/h4-5,10H,2-3,6-7H2,1H3,(H,14,19)(H,17,18). The Hall–Kier alpha value is -2.18. The van der Waals surface area contributed by atoms with Gasteiger partial charge in [-0.2, -0.15) is 0 Å². The number of hydrogen-bond acceptors (Lipinski definition) is 4. The Morgan fingerprint density at radius 3 is 3.05 bits per heavy atom. The van der Waals surface area contributed by atoms with E-state index in [4.69, 9.17) is 5.11 Å². The molecule has 7 heteroatoms. The lowest BCUT2D eigenvalue weighted by molar-refractivity contribution is -0.141. The molecule has 1 aromatic rings. The number of rotatable bonds is 3. The molecule has 0 radical (unpaired) electrons. The highest BCUT2D eigenvalue weighted by Gasteiger charge is 2.33. The van der Waals surface area contributed by atoms with Crippen molar-refractivity contribution in [1.29, 1.82) is 0 Å².